The monoisotopic (exact) mass is 317 g/mol. The van der Waals surface area contributed by atoms with Gasteiger partial charge in [-0.25, -0.2) is 4.79 Å². The van der Waals surface area contributed by atoms with Gasteiger partial charge >= 0.3 is 6.03 Å². The molecule has 1 fully saturated rings. The molecule has 0 saturated carbocycles. The second kappa shape index (κ2) is 7.49. The van der Waals surface area contributed by atoms with E-state index in [1.54, 1.807) is 0 Å². The summed E-state index contributed by atoms with van der Waals surface area (Å²) in [6.07, 6.45) is 2.60. The second-order valence-corrected chi connectivity index (χ2v) is 6.87. The molecule has 2 rings (SSSR count). The van der Waals surface area contributed by atoms with Gasteiger partial charge in [-0.15, -0.1) is 0 Å². The minimum Gasteiger partial charge on any atom is -0.354 e. The van der Waals surface area contributed by atoms with Gasteiger partial charge in [0, 0.05) is 18.5 Å². The van der Waals surface area contributed by atoms with Gasteiger partial charge in [-0.3, -0.25) is 4.79 Å². The maximum atomic E-state index is 12.1. The van der Waals surface area contributed by atoms with Gasteiger partial charge in [0.05, 0.1) is 0 Å². The molecular formula is C18H27N3O2. The largest absolute Gasteiger partial charge is 0.354 e. The number of amides is 3. The van der Waals surface area contributed by atoms with E-state index in [1.165, 1.54) is 11.1 Å². The normalized spacial score (nSPS) is 18.7. The van der Waals surface area contributed by atoms with Crippen molar-refractivity contribution in [2.24, 2.45) is 0 Å². The first-order chi connectivity index (χ1) is 10.9. The second-order valence-electron chi connectivity index (χ2n) is 6.87. The first-order valence-corrected chi connectivity index (χ1v) is 8.28. The van der Waals surface area contributed by atoms with Gasteiger partial charge in [-0.2, -0.15) is 0 Å². The lowest BCUT2D eigenvalue weighted by Crippen LogP contribution is -2.50. The number of urea groups is 1. The van der Waals surface area contributed by atoms with Crippen LogP contribution in [-0.4, -0.2) is 31.1 Å². The lowest BCUT2D eigenvalue weighted by molar-refractivity contribution is -0.122. The van der Waals surface area contributed by atoms with Crippen molar-refractivity contribution >= 4 is 11.9 Å². The minimum atomic E-state index is -0.431. The van der Waals surface area contributed by atoms with E-state index in [9.17, 15) is 9.59 Å². The summed E-state index contributed by atoms with van der Waals surface area (Å²) in [4.78, 5) is 24.0. The van der Waals surface area contributed by atoms with E-state index < -0.39 is 6.04 Å². The van der Waals surface area contributed by atoms with E-state index in [0.29, 0.717) is 19.5 Å². The summed E-state index contributed by atoms with van der Waals surface area (Å²) in [6, 6.07) is 7.48. The zero-order valence-electron chi connectivity index (χ0n) is 14.2. The van der Waals surface area contributed by atoms with Crippen molar-refractivity contribution < 1.29 is 9.59 Å². The van der Waals surface area contributed by atoms with Gasteiger partial charge in [0.2, 0.25) is 5.91 Å². The highest BCUT2D eigenvalue weighted by molar-refractivity contribution is 5.87. The molecule has 0 spiro atoms. The van der Waals surface area contributed by atoms with Crippen LogP contribution in [0, 0.1) is 6.92 Å². The van der Waals surface area contributed by atoms with Crippen LogP contribution < -0.4 is 16.0 Å². The van der Waals surface area contributed by atoms with Crippen LogP contribution in [0.4, 0.5) is 4.79 Å². The summed E-state index contributed by atoms with van der Waals surface area (Å²) < 4.78 is 0. The van der Waals surface area contributed by atoms with E-state index in [0.717, 1.165) is 12.8 Å². The molecule has 1 unspecified atom stereocenters. The van der Waals surface area contributed by atoms with Crippen molar-refractivity contribution in [1.82, 2.24) is 16.0 Å². The highest BCUT2D eigenvalue weighted by Gasteiger charge is 2.25. The Kier molecular flexibility index (Phi) is 5.64. The Bertz CT molecular complexity index is 569. The van der Waals surface area contributed by atoms with Crippen molar-refractivity contribution in [3.05, 3.63) is 35.4 Å². The molecule has 0 bridgehead atoms. The minimum absolute atomic E-state index is 0.0872. The van der Waals surface area contributed by atoms with Crippen LogP contribution in [-0.2, 0) is 10.2 Å². The number of carbonyl (C=O) groups excluding carboxylic acids is 2. The van der Waals surface area contributed by atoms with Gasteiger partial charge in [-0.1, -0.05) is 38.1 Å². The topological polar surface area (TPSA) is 70.2 Å². The molecule has 5 nitrogen and oxygen atoms in total. The Morgan fingerprint density at radius 2 is 2.04 bits per heavy atom. The fraction of sp³-hybridized carbons (Fsp3) is 0.556. The highest BCUT2D eigenvalue weighted by atomic mass is 16.2. The SMILES string of the molecule is Cc1ccccc1C(C)(C)CNC(=O)NC1CCCCNC1=O. The van der Waals surface area contributed by atoms with Gasteiger partial charge < -0.3 is 16.0 Å². The quantitative estimate of drug-likeness (QED) is 0.797. The molecule has 1 atom stereocenters. The predicted molar refractivity (Wildman–Crippen MR) is 91.4 cm³/mol. The summed E-state index contributed by atoms with van der Waals surface area (Å²) in [5.41, 5.74) is 2.25. The lowest BCUT2D eigenvalue weighted by atomic mass is 9.82. The fourth-order valence-electron chi connectivity index (χ4n) is 3.02. The summed E-state index contributed by atoms with van der Waals surface area (Å²) in [5, 5.41) is 8.52. The maximum Gasteiger partial charge on any atom is 0.315 e. The third kappa shape index (κ3) is 4.71. The van der Waals surface area contributed by atoms with E-state index >= 15 is 0 Å². The molecular weight excluding hydrogens is 290 g/mol. The number of rotatable bonds is 4. The first kappa shape index (κ1) is 17.3. The van der Waals surface area contributed by atoms with Gasteiger partial charge in [-0.05, 0) is 37.3 Å². The number of aryl methyl sites for hydroxylation is 1. The highest BCUT2D eigenvalue weighted by Crippen LogP contribution is 2.25. The Hall–Kier alpha value is -2.04. The van der Waals surface area contributed by atoms with Crippen molar-refractivity contribution in [2.45, 2.75) is 51.5 Å². The number of benzene rings is 1. The molecule has 23 heavy (non-hydrogen) atoms. The van der Waals surface area contributed by atoms with Crippen molar-refractivity contribution in [1.29, 1.82) is 0 Å². The van der Waals surface area contributed by atoms with Crippen LogP contribution in [0.3, 0.4) is 0 Å². The summed E-state index contributed by atoms with van der Waals surface area (Å²) >= 11 is 0. The summed E-state index contributed by atoms with van der Waals surface area (Å²) in [7, 11) is 0. The molecule has 5 heteroatoms. The summed E-state index contributed by atoms with van der Waals surface area (Å²) in [6.45, 7) is 7.49. The molecule has 0 aromatic heterocycles. The van der Waals surface area contributed by atoms with Crippen LogP contribution in [0.25, 0.3) is 0 Å². The average molecular weight is 317 g/mol. The Balaban J connectivity index is 1.90. The van der Waals surface area contributed by atoms with Crippen LogP contribution in [0.1, 0.15) is 44.2 Å². The van der Waals surface area contributed by atoms with Crippen LogP contribution in [0.5, 0.6) is 0 Å². The molecule has 0 radical (unpaired) electrons. The number of hydrogen-bond donors (Lipinski definition) is 3. The third-order valence-corrected chi connectivity index (χ3v) is 4.41. The maximum absolute atomic E-state index is 12.1. The number of hydrogen-bond acceptors (Lipinski definition) is 2. The van der Waals surface area contributed by atoms with E-state index in [1.807, 2.05) is 12.1 Å². The smallest absolute Gasteiger partial charge is 0.315 e. The molecule has 3 N–H and O–H groups in total. The van der Waals surface area contributed by atoms with E-state index in [2.05, 4.69) is 48.9 Å². The van der Waals surface area contributed by atoms with Crippen LogP contribution >= 0.6 is 0 Å². The standard InChI is InChI=1S/C18H27N3O2/c1-13-8-4-5-9-14(13)18(2,3)12-20-17(23)21-15-10-6-7-11-19-16(15)22/h4-5,8-9,15H,6-7,10-12H2,1-3H3,(H,19,22)(H2,20,21,23). The fourth-order valence-corrected chi connectivity index (χ4v) is 3.02. The molecule has 1 aromatic carbocycles. The van der Waals surface area contributed by atoms with Crippen molar-refractivity contribution in [3.8, 4) is 0 Å². The average Bonchev–Trinajstić information content (AvgIpc) is 2.71. The van der Waals surface area contributed by atoms with Crippen molar-refractivity contribution in [2.75, 3.05) is 13.1 Å². The Morgan fingerprint density at radius 3 is 2.78 bits per heavy atom. The number of nitrogens with one attached hydrogen (secondary N) is 3. The zero-order valence-corrected chi connectivity index (χ0v) is 14.2. The number of carbonyl (C=O) groups is 2. The first-order valence-electron chi connectivity index (χ1n) is 8.28. The van der Waals surface area contributed by atoms with Gasteiger partial charge in [0.25, 0.3) is 0 Å². The Labute approximate surface area is 138 Å². The third-order valence-electron chi connectivity index (χ3n) is 4.41. The molecule has 0 aliphatic carbocycles. The Morgan fingerprint density at radius 1 is 1.30 bits per heavy atom. The lowest BCUT2D eigenvalue weighted by Gasteiger charge is -2.28. The van der Waals surface area contributed by atoms with Gasteiger partial charge in [0.15, 0.2) is 0 Å². The molecule has 126 valence electrons. The molecule has 1 heterocycles. The van der Waals surface area contributed by atoms with Crippen LogP contribution in [0.15, 0.2) is 24.3 Å². The van der Waals surface area contributed by atoms with E-state index in [-0.39, 0.29) is 17.4 Å². The predicted octanol–water partition coefficient (Wildman–Crippen LogP) is 2.24. The molecule has 1 saturated heterocycles. The van der Waals surface area contributed by atoms with Crippen molar-refractivity contribution in [3.63, 3.8) is 0 Å². The molecule has 1 aliphatic heterocycles. The zero-order chi connectivity index (χ0) is 16.9. The van der Waals surface area contributed by atoms with E-state index in [4.69, 9.17) is 0 Å². The summed E-state index contributed by atoms with van der Waals surface area (Å²) in [5.74, 6) is -0.0872. The molecule has 1 aliphatic rings. The molecule has 3 amide bonds. The van der Waals surface area contributed by atoms with Gasteiger partial charge in [0.1, 0.15) is 6.04 Å². The van der Waals surface area contributed by atoms with Crippen LogP contribution in [0.2, 0.25) is 0 Å². The molecule has 1 aromatic rings.